The molecule has 0 saturated carbocycles. The summed E-state index contributed by atoms with van der Waals surface area (Å²) >= 11 is 1.72. The number of aliphatic imine (C=N–C) groups is 2. The Morgan fingerprint density at radius 2 is 2.03 bits per heavy atom. The van der Waals surface area contributed by atoms with Crippen LogP contribution in [0.4, 0.5) is 0 Å². The van der Waals surface area contributed by atoms with Gasteiger partial charge in [0.25, 0.3) is 5.91 Å². The number of nitrogens with zero attached hydrogens (tertiary/aromatic N) is 4. The monoisotopic (exact) mass is 443 g/mol. The Morgan fingerprint density at radius 1 is 1.29 bits per heavy atom. The largest absolute Gasteiger partial charge is 0.370 e. The number of hydrogen-bond donors (Lipinski definition) is 3. The fraction of sp³-hybridized carbons (Fsp3) is 0.476. The number of amides is 2. The maximum atomic E-state index is 12.6. The van der Waals surface area contributed by atoms with Gasteiger partial charge in [0.1, 0.15) is 5.84 Å². The lowest BCUT2D eigenvalue weighted by molar-refractivity contribution is -0.133. The van der Waals surface area contributed by atoms with E-state index < -0.39 is 6.04 Å². The first-order valence-electron chi connectivity index (χ1n) is 10.3. The van der Waals surface area contributed by atoms with E-state index in [1.165, 1.54) is 0 Å². The van der Waals surface area contributed by atoms with Gasteiger partial charge in [-0.2, -0.15) is 16.8 Å². The summed E-state index contributed by atoms with van der Waals surface area (Å²) in [6.07, 6.45) is 2.96. The van der Waals surface area contributed by atoms with Crippen LogP contribution in [-0.4, -0.2) is 65.2 Å². The molecule has 166 valence electrons. The van der Waals surface area contributed by atoms with Crippen molar-refractivity contribution in [2.45, 2.75) is 37.0 Å². The van der Waals surface area contributed by atoms with Crippen LogP contribution in [0.3, 0.4) is 0 Å². The van der Waals surface area contributed by atoms with Crippen LogP contribution in [0.5, 0.6) is 0 Å². The molecule has 2 amide bonds. The topological polar surface area (TPSA) is 153 Å². The SMILES string of the molecule is C=c1cccc2c1=NC(CSC1CCN(C(=O)[C@H](N)CCCN=C(N)N)CC1)=NC2=O. The third kappa shape index (κ3) is 6.14. The number of guanidine groups is 1. The van der Waals surface area contributed by atoms with Gasteiger partial charge in [0.15, 0.2) is 5.96 Å². The molecule has 1 fully saturated rings. The van der Waals surface area contributed by atoms with E-state index in [0.29, 0.717) is 60.2 Å². The molecular weight excluding hydrogens is 414 g/mol. The highest BCUT2D eigenvalue weighted by atomic mass is 32.2. The zero-order valence-electron chi connectivity index (χ0n) is 17.5. The molecule has 3 rings (SSSR count). The van der Waals surface area contributed by atoms with Gasteiger partial charge >= 0.3 is 0 Å². The van der Waals surface area contributed by atoms with Gasteiger partial charge in [-0.3, -0.25) is 14.6 Å². The number of amidine groups is 1. The zero-order valence-corrected chi connectivity index (χ0v) is 18.3. The zero-order chi connectivity index (χ0) is 22.4. The van der Waals surface area contributed by atoms with Crippen molar-refractivity contribution in [1.82, 2.24) is 4.90 Å². The number of carbonyl (C=O) groups is 2. The number of fused-ring (bicyclic) bond motifs is 1. The predicted octanol–water partition coefficient (Wildman–Crippen LogP) is -0.626. The van der Waals surface area contributed by atoms with Crippen molar-refractivity contribution in [2.24, 2.45) is 32.2 Å². The number of likely N-dealkylation sites (tertiary alicyclic amines) is 1. The number of carbonyl (C=O) groups excluding carboxylic acids is 2. The molecule has 0 radical (unpaired) electrons. The third-order valence-electron chi connectivity index (χ3n) is 5.31. The van der Waals surface area contributed by atoms with E-state index in [1.807, 2.05) is 11.0 Å². The lowest BCUT2D eigenvalue weighted by atomic mass is 10.1. The van der Waals surface area contributed by atoms with E-state index in [4.69, 9.17) is 17.2 Å². The molecule has 1 atom stereocenters. The van der Waals surface area contributed by atoms with E-state index in [1.54, 1.807) is 23.9 Å². The maximum Gasteiger partial charge on any atom is 0.280 e. The Morgan fingerprint density at radius 3 is 2.74 bits per heavy atom. The Kier molecular flexibility index (Phi) is 7.80. The van der Waals surface area contributed by atoms with Crippen LogP contribution in [0, 0.1) is 0 Å². The number of thioether (sulfide) groups is 1. The molecule has 2 heterocycles. The first kappa shape index (κ1) is 23.0. The molecule has 1 aromatic carbocycles. The highest BCUT2D eigenvalue weighted by Crippen LogP contribution is 2.24. The maximum absolute atomic E-state index is 12.6. The number of hydrogen-bond acceptors (Lipinski definition) is 6. The summed E-state index contributed by atoms with van der Waals surface area (Å²) < 4.78 is 0. The van der Waals surface area contributed by atoms with Crippen molar-refractivity contribution in [1.29, 1.82) is 0 Å². The number of para-hydroxylation sites is 1. The summed E-state index contributed by atoms with van der Waals surface area (Å²) in [4.78, 5) is 39.2. The Balaban J connectivity index is 1.45. The molecule has 0 spiro atoms. The number of rotatable bonds is 8. The summed E-state index contributed by atoms with van der Waals surface area (Å²) in [7, 11) is 0. The van der Waals surface area contributed by atoms with Crippen LogP contribution in [-0.2, 0) is 4.79 Å². The van der Waals surface area contributed by atoms with Crippen LogP contribution in [0.25, 0.3) is 6.58 Å². The van der Waals surface area contributed by atoms with Gasteiger partial charge in [0.05, 0.1) is 22.7 Å². The molecule has 0 aliphatic carbocycles. The third-order valence-corrected chi connectivity index (χ3v) is 6.68. The van der Waals surface area contributed by atoms with Crippen LogP contribution in [0.1, 0.15) is 36.0 Å². The minimum Gasteiger partial charge on any atom is -0.370 e. The second kappa shape index (κ2) is 10.5. The normalized spacial score (nSPS) is 17.4. The van der Waals surface area contributed by atoms with Gasteiger partial charge in [0, 0.05) is 24.9 Å². The molecule has 1 saturated heterocycles. The molecule has 0 bridgehead atoms. The molecule has 9 nitrogen and oxygen atoms in total. The molecule has 1 aromatic rings. The summed E-state index contributed by atoms with van der Waals surface area (Å²) in [6.45, 7) is 5.77. The number of nitrogens with two attached hydrogens (primary N) is 3. The number of benzene rings is 1. The van der Waals surface area contributed by atoms with Gasteiger partial charge in [-0.25, -0.2) is 4.99 Å². The van der Waals surface area contributed by atoms with E-state index in [-0.39, 0.29) is 17.8 Å². The van der Waals surface area contributed by atoms with Crippen molar-refractivity contribution in [3.63, 3.8) is 0 Å². The van der Waals surface area contributed by atoms with Crippen molar-refractivity contribution in [2.75, 3.05) is 25.4 Å². The summed E-state index contributed by atoms with van der Waals surface area (Å²) in [5.41, 5.74) is 17.1. The summed E-state index contributed by atoms with van der Waals surface area (Å²) in [5.74, 6) is 0.847. The fourth-order valence-electron chi connectivity index (χ4n) is 3.60. The molecule has 2 aliphatic heterocycles. The molecule has 31 heavy (non-hydrogen) atoms. The Bertz CT molecular complexity index is 995. The highest BCUT2D eigenvalue weighted by molar-refractivity contribution is 8.00. The van der Waals surface area contributed by atoms with Gasteiger partial charge in [-0.15, -0.1) is 0 Å². The van der Waals surface area contributed by atoms with E-state index >= 15 is 0 Å². The summed E-state index contributed by atoms with van der Waals surface area (Å²) in [6, 6.07) is 4.82. The van der Waals surface area contributed by atoms with Gasteiger partial charge in [-0.05, 0) is 37.0 Å². The van der Waals surface area contributed by atoms with Crippen molar-refractivity contribution < 1.29 is 9.59 Å². The smallest absolute Gasteiger partial charge is 0.280 e. The lowest BCUT2D eigenvalue weighted by Crippen LogP contribution is -2.47. The molecule has 10 heteroatoms. The Hall–Kier alpha value is -2.72. The molecule has 2 aliphatic rings. The van der Waals surface area contributed by atoms with Crippen molar-refractivity contribution in [3.05, 3.63) is 34.3 Å². The minimum absolute atomic E-state index is 0.0232. The molecule has 0 unspecified atom stereocenters. The van der Waals surface area contributed by atoms with Gasteiger partial charge < -0.3 is 22.1 Å². The molecule has 0 aromatic heterocycles. The standard InChI is InChI=1S/C21H29N7O2S/c1-13-4-2-5-15-18(13)26-17(27-19(15)29)12-31-14-7-10-28(11-8-14)20(30)16(22)6-3-9-25-21(23)24/h2,4-5,14,16H,1,3,6-12,22H2,(H4,23,24,25)/t16-/m1/s1. The highest BCUT2D eigenvalue weighted by Gasteiger charge is 2.27. The molecule has 6 N–H and O–H groups in total. The van der Waals surface area contributed by atoms with Crippen LogP contribution < -0.4 is 27.8 Å². The van der Waals surface area contributed by atoms with Crippen molar-refractivity contribution in [3.8, 4) is 0 Å². The quantitative estimate of drug-likeness (QED) is 0.276. The second-order valence-electron chi connectivity index (χ2n) is 7.65. The van der Waals surface area contributed by atoms with Crippen LogP contribution in [0.2, 0.25) is 0 Å². The van der Waals surface area contributed by atoms with Gasteiger partial charge in [0.2, 0.25) is 5.91 Å². The lowest BCUT2D eigenvalue weighted by Gasteiger charge is -2.33. The van der Waals surface area contributed by atoms with E-state index in [0.717, 1.165) is 18.1 Å². The average Bonchev–Trinajstić information content (AvgIpc) is 2.75. The van der Waals surface area contributed by atoms with Crippen LogP contribution in [0.15, 0.2) is 33.2 Å². The predicted molar refractivity (Wildman–Crippen MR) is 124 cm³/mol. The van der Waals surface area contributed by atoms with Crippen LogP contribution >= 0.6 is 11.8 Å². The van der Waals surface area contributed by atoms with E-state index in [2.05, 4.69) is 21.6 Å². The first-order valence-corrected chi connectivity index (χ1v) is 11.4. The fourth-order valence-corrected chi connectivity index (χ4v) is 4.66. The molecular formula is C21H29N7O2S. The van der Waals surface area contributed by atoms with Gasteiger partial charge in [-0.1, -0.05) is 18.7 Å². The van der Waals surface area contributed by atoms with Crippen molar-refractivity contribution >= 4 is 42.0 Å². The summed E-state index contributed by atoms with van der Waals surface area (Å²) in [5, 5.41) is 1.73. The second-order valence-corrected chi connectivity index (χ2v) is 8.94. The average molecular weight is 444 g/mol. The number of piperidine rings is 1. The Labute approximate surface area is 185 Å². The first-order chi connectivity index (χ1) is 14.8. The minimum atomic E-state index is -0.531. The van der Waals surface area contributed by atoms with E-state index in [9.17, 15) is 9.59 Å².